The number of nitrogens with one attached hydrogen (secondary N) is 1. The van der Waals surface area contributed by atoms with Crippen molar-refractivity contribution in [1.29, 1.82) is 0 Å². The molecule has 184 valence electrons. The second kappa shape index (κ2) is 9.92. The Hall–Kier alpha value is -2.65. The van der Waals surface area contributed by atoms with Gasteiger partial charge in [0.2, 0.25) is 0 Å². The van der Waals surface area contributed by atoms with E-state index in [2.05, 4.69) is 29.2 Å². The van der Waals surface area contributed by atoms with Crippen LogP contribution in [0.3, 0.4) is 0 Å². The number of alkyl halides is 3. The third-order valence-corrected chi connectivity index (χ3v) is 6.89. The highest BCUT2D eigenvalue weighted by Gasteiger charge is 2.34. The number of benzene rings is 2. The minimum absolute atomic E-state index is 0.215. The average molecular weight is 496 g/mol. The Labute approximate surface area is 202 Å². The number of likely N-dealkylation sites (N-methyl/N-ethyl adjacent to an activating group) is 1. The molecule has 0 aliphatic carbocycles. The molecule has 34 heavy (non-hydrogen) atoms. The van der Waals surface area contributed by atoms with E-state index < -0.39 is 11.7 Å². The fourth-order valence-electron chi connectivity index (χ4n) is 4.45. The average Bonchev–Trinajstić information content (AvgIpc) is 3.30. The highest BCUT2D eigenvalue weighted by atomic mass is 35.5. The number of amides is 2. The molecule has 0 saturated carbocycles. The number of anilines is 3. The summed E-state index contributed by atoms with van der Waals surface area (Å²) < 4.78 is 39.5. The lowest BCUT2D eigenvalue weighted by atomic mass is 10.1. The maximum atomic E-state index is 13.2. The number of piperazine rings is 1. The largest absolute Gasteiger partial charge is 0.417 e. The van der Waals surface area contributed by atoms with Crippen molar-refractivity contribution in [1.82, 2.24) is 9.80 Å². The second-order valence-electron chi connectivity index (χ2n) is 8.97. The molecule has 2 heterocycles. The van der Waals surface area contributed by atoms with E-state index in [0.29, 0.717) is 43.6 Å². The summed E-state index contributed by atoms with van der Waals surface area (Å²) in [5.41, 5.74) is 1.46. The van der Waals surface area contributed by atoms with Crippen LogP contribution in [0, 0.1) is 0 Å². The van der Waals surface area contributed by atoms with Gasteiger partial charge in [-0.15, -0.1) is 0 Å². The van der Waals surface area contributed by atoms with Crippen molar-refractivity contribution in [2.24, 2.45) is 0 Å². The summed E-state index contributed by atoms with van der Waals surface area (Å²) in [4.78, 5) is 20.8. The maximum Gasteiger partial charge on any atom is 0.417 e. The van der Waals surface area contributed by atoms with Gasteiger partial charge in [0, 0.05) is 62.4 Å². The first-order valence-electron chi connectivity index (χ1n) is 11.3. The molecule has 1 unspecified atom stereocenters. The van der Waals surface area contributed by atoms with E-state index in [1.807, 2.05) is 29.2 Å². The molecule has 10 heteroatoms. The van der Waals surface area contributed by atoms with Crippen molar-refractivity contribution in [3.8, 4) is 0 Å². The Morgan fingerprint density at radius 3 is 2.21 bits per heavy atom. The molecule has 0 bridgehead atoms. The Morgan fingerprint density at radius 2 is 1.62 bits per heavy atom. The molecule has 2 aromatic carbocycles. The maximum absolute atomic E-state index is 13.2. The number of hydrogen-bond donors (Lipinski definition) is 1. The molecule has 2 aromatic rings. The number of hydrogen-bond acceptors (Lipinski definition) is 4. The molecule has 0 spiro atoms. The molecular formula is C24H29ClF3N5O. The lowest BCUT2D eigenvalue weighted by molar-refractivity contribution is -0.137. The highest BCUT2D eigenvalue weighted by molar-refractivity contribution is 6.31. The lowest BCUT2D eigenvalue weighted by Crippen LogP contribution is -2.50. The van der Waals surface area contributed by atoms with E-state index >= 15 is 0 Å². The van der Waals surface area contributed by atoms with Crippen LogP contribution in [0.1, 0.15) is 12.0 Å². The number of halogens is 4. The Kier molecular flexibility index (Phi) is 7.14. The van der Waals surface area contributed by atoms with Crippen molar-refractivity contribution in [2.75, 3.05) is 68.5 Å². The van der Waals surface area contributed by atoms with Crippen molar-refractivity contribution in [3.05, 3.63) is 53.1 Å². The number of carbonyl (C=O) groups is 1. The molecule has 2 saturated heterocycles. The van der Waals surface area contributed by atoms with Crippen LogP contribution < -0.4 is 15.1 Å². The Balaban J connectivity index is 1.30. The van der Waals surface area contributed by atoms with Gasteiger partial charge in [-0.3, -0.25) is 0 Å². The summed E-state index contributed by atoms with van der Waals surface area (Å²) in [6, 6.07) is 12.1. The van der Waals surface area contributed by atoms with Crippen LogP contribution in [0.15, 0.2) is 42.5 Å². The minimum Gasteiger partial charge on any atom is -0.370 e. The van der Waals surface area contributed by atoms with Crippen LogP contribution in [0.2, 0.25) is 5.02 Å². The van der Waals surface area contributed by atoms with Crippen LogP contribution in [-0.2, 0) is 6.18 Å². The summed E-state index contributed by atoms with van der Waals surface area (Å²) in [5, 5.41) is 2.61. The van der Waals surface area contributed by atoms with Gasteiger partial charge in [-0.05, 0) is 63.0 Å². The summed E-state index contributed by atoms with van der Waals surface area (Å²) in [7, 11) is 4.20. The SMILES string of the molecule is CN(C)C1CCN(c2ccc(NC(=O)N3CCN(c4ccc(Cl)c(C(F)(F)F)c4)CC3)cc2)C1. The van der Waals surface area contributed by atoms with Crippen LogP contribution in [0.4, 0.5) is 35.0 Å². The predicted octanol–water partition coefficient (Wildman–Crippen LogP) is 4.85. The minimum atomic E-state index is -4.51. The van der Waals surface area contributed by atoms with E-state index in [4.69, 9.17) is 11.6 Å². The molecule has 2 amide bonds. The molecule has 0 radical (unpaired) electrons. The van der Waals surface area contributed by atoms with Gasteiger partial charge in [-0.25, -0.2) is 4.79 Å². The van der Waals surface area contributed by atoms with Gasteiger partial charge in [0.15, 0.2) is 0 Å². The number of carbonyl (C=O) groups excluding carboxylic acids is 1. The number of urea groups is 1. The van der Waals surface area contributed by atoms with Crippen LogP contribution >= 0.6 is 11.6 Å². The van der Waals surface area contributed by atoms with Gasteiger partial charge in [0.05, 0.1) is 10.6 Å². The van der Waals surface area contributed by atoms with Gasteiger partial charge in [0.1, 0.15) is 0 Å². The topological polar surface area (TPSA) is 42.1 Å². The molecule has 4 rings (SSSR count). The quantitative estimate of drug-likeness (QED) is 0.658. The van der Waals surface area contributed by atoms with E-state index in [1.54, 1.807) is 11.0 Å². The van der Waals surface area contributed by atoms with Gasteiger partial charge < -0.3 is 24.9 Å². The van der Waals surface area contributed by atoms with Gasteiger partial charge >= 0.3 is 12.2 Å². The Bertz CT molecular complexity index is 1010. The van der Waals surface area contributed by atoms with Gasteiger partial charge in [0.25, 0.3) is 0 Å². The Morgan fingerprint density at radius 1 is 0.971 bits per heavy atom. The van der Waals surface area contributed by atoms with E-state index in [1.165, 1.54) is 6.07 Å². The normalized spacial score (nSPS) is 19.1. The summed E-state index contributed by atoms with van der Waals surface area (Å²) in [5.74, 6) is 0. The van der Waals surface area contributed by atoms with E-state index in [0.717, 1.165) is 31.3 Å². The third-order valence-electron chi connectivity index (χ3n) is 6.56. The fourth-order valence-corrected chi connectivity index (χ4v) is 4.68. The molecule has 0 aromatic heterocycles. The zero-order valence-electron chi connectivity index (χ0n) is 19.3. The fraction of sp³-hybridized carbons (Fsp3) is 0.458. The van der Waals surface area contributed by atoms with Crippen molar-refractivity contribution >= 4 is 34.7 Å². The molecule has 2 fully saturated rings. The standard InChI is InChI=1S/C24H29ClF3N5O/c1-30(2)20-9-10-33(16-20)18-5-3-17(4-6-18)29-23(34)32-13-11-31(12-14-32)19-7-8-22(25)21(15-19)24(26,27)28/h3-8,15,20H,9-14,16H2,1-2H3,(H,29,34). The summed E-state index contributed by atoms with van der Waals surface area (Å²) in [6.07, 6.45) is -3.38. The van der Waals surface area contributed by atoms with Crippen molar-refractivity contribution < 1.29 is 18.0 Å². The zero-order valence-corrected chi connectivity index (χ0v) is 20.0. The molecule has 6 nitrogen and oxygen atoms in total. The summed E-state index contributed by atoms with van der Waals surface area (Å²) >= 11 is 5.72. The monoisotopic (exact) mass is 495 g/mol. The first kappa shape index (κ1) is 24.5. The second-order valence-corrected chi connectivity index (χ2v) is 9.37. The van der Waals surface area contributed by atoms with Gasteiger partial charge in [-0.1, -0.05) is 11.6 Å². The van der Waals surface area contributed by atoms with Crippen LogP contribution in [-0.4, -0.2) is 75.2 Å². The predicted molar refractivity (Wildman–Crippen MR) is 130 cm³/mol. The zero-order chi connectivity index (χ0) is 24.5. The smallest absolute Gasteiger partial charge is 0.370 e. The van der Waals surface area contributed by atoms with Gasteiger partial charge in [-0.2, -0.15) is 13.2 Å². The number of rotatable bonds is 4. The third kappa shape index (κ3) is 5.52. The molecule has 1 N–H and O–H groups in total. The number of nitrogens with zero attached hydrogens (tertiary/aromatic N) is 4. The molecular weight excluding hydrogens is 467 g/mol. The van der Waals surface area contributed by atoms with Crippen LogP contribution in [0.25, 0.3) is 0 Å². The van der Waals surface area contributed by atoms with Crippen LogP contribution in [0.5, 0.6) is 0 Å². The molecule has 2 aliphatic heterocycles. The first-order chi connectivity index (χ1) is 16.1. The van der Waals surface area contributed by atoms with Crippen molar-refractivity contribution in [3.63, 3.8) is 0 Å². The van der Waals surface area contributed by atoms with E-state index in [-0.39, 0.29) is 11.1 Å². The molecule has 2 aliphatic rings. The lowest BCUT2D eigenvalue weighted by Gasteiger charge is -2.36. The first-order valence-corrected chi connectivity index (χ1v) is 11.7. The molecule has 1 atom stereocenters. The highest BCUT2D eigenvalue weighted by Crippen LogP contribution is 2.37. The summed E-state index contributed by atoms with van der Waals surface area (Å²) in [6.45, 7) is 3.69. The van der Waals surface area contributed by atoms with Crippen molar-refractivity contribution in [2.45, 2.75) is 18.6 Å². The van der Waals surface area contributed by atoms with E-state index in [9.17, 15) is 18.0 Å².